The van der Waals surface area contributed by atoms with Crippen LogP contribution in [0.25, 0.3) is 0 Å². The first-order chi connectivity index (χ1) is 14.6. The molecule has 2 aromatic rings. The van der Waals surface area contributed by atoms with Gasteiger partial charge in [0.05, 0.1) is 0 Å². The van der Waals surface area contributed by atoms with Crippen molar-refractivity contribution in [2.75, 3.05) is 37.6 Å². The zero-order valence-electron chi connectivity index (χ0n) is 17.3. The Kier molecular flexibility index (Phi) is 6.56. The van der Waals surface area contributed by atoms with Gasteiger partial charge in [-0.05, 0) is 42.3 Å². The molecule has 3 heterocycles. The lowest BCUT2D eigenvalue weighted by molar-refractivity contribution is -0.123. The van der Waals surface area contributed by atoms with Gasteiger partial charge in [0.25, 0.3) is 0 Å². The Morgan fingerprint density at radius 3 is 2.57 bits per heavy atom. The Hall–Kier alpha value is -2.55. The summed E-state index contributed by atoms with van der Waals surface area (Å²) in [5, 5.41) is 2.97. The molecule has 2 aliphatic heterocycles. The number of anilines is 1. The molecule has 7 nitrogen and oxygen atoms in total. The van der Waals surface area contributed by atoms with E-state index in [1.807, 2.05) is 18.3 Å². The number of benzene rings is 1. The zero-order valence-corrected chi connectivity index (χ0v) is 17.3. The first-order valence-electron chi connectivity index (χ1n) is 10.6. The van der Waals surface area contributed by atoms with E-state index in [-0.39, 0.29) is 23.8 Å². The van der Waals surface area contributed by atoms with E-state index >= 15 is 0 Å². The van der Waals surface area contributed by atoms with Crippen molar-refractivity contribution in [3.8, 4) is 0 Å². The van der Waals surface area contributed by atoms with E-state index < -0.39 is 0 Å². The van der Waals surface area contributed by atoms with Crippen LogP contribution < -0.4 is 21.1 Å². The number of nitrogens with one attached hydrogen (secondary N) is 3. The summed E-state index contributed by atoms with van der Waals surface area (Å²) in [6, 6.07) is 10.1. The summed E-state index contributed by atoms with van der Waals surface area (Å²) in [4.78, 5) is 21.8. The number of carbonyl (C=O) groups excluding carboxylic acids is 1. The minimum absolute atomic E-state index is 0.0181. The van der Waals surface area contributed by atoms with E-state index in [1.165, 1.54) is 12.1 Å². The number of aromatic nitrogens is 1. The second kappa shape index (κ2) is 9.51. The lowest BCUT2D eigenvalue weighted by atomic mass is 10.0. The highest BCUT2D eigenvalue weighted by Crippen LogP contribution is 2.22. The van der Waals surface area contributed by atoms with Crippen molar-refractivity contribution in [2.45, 2.75) is 32.0 Å². The molecule has 2 atom stereocenters. The van der Waals surface area contributed by atoms with E-state index in [1.54, 1.807) is 12.1 Å². The van der Waals surface area contributed by atoms with Gasteiger partial charge in [0.1, 0.15) is 17.7 Å². The smallest absolute Gasteiger partial charge is 0.238 e. The minimum Gasteiger partial charge on any atom is -0.354 e. The molecule has 4 rings (SSSR count). The summed E-state index contributed by atoms with van der Waals surface area (Å²) in [6.45, 7) is 7.84. The highest BCUT2D eigenvalue weighted by atomic mass is 19.1. The molecule has 30 heavy (non-hydrogen) atoms. The number of amides is 1. The number of hydrogen-bond acceptors (Lipinski definition) is 6. The predicted molar refractivity (Wildman–Crippen MR) is 114 cm³/mol. The molecule has 0 aliphatic carbocycles. The molecular formula is C22H29FN6O. The highest BCUT2D eigenvalue weighted by molar-refractivity contribution is 5.82. The molecule has 1 aromatic carbocycles. The maximum Gasteiger partial charge on any atom is 0.238 e. The topological polar surface area (TPSA) is 72.5 Å². The molecule has 1 amide bonds. The quantitative estimate of drug-likeness (QED) is 0.669. The summed E-state index contributed by atoms with van der Waals surface area (Å²) < 4.78 is 13.1. The third kappa shape index (κ3) is 4.95. The fraction of sp³-hybridized carbons (Fsp3) is 0.455. The number of nitrogens with zero attached hydrogens (tertiary/aromatic N) is 3. The molecule has 3 N–H and O–H groups in total. The number of carbonyl (C=O) groups is 1. The molecule has 2 fully saturated rings. The number of likely N-dealkylation sites (N-methyl/N-ethyl adjacent to an activating group) is 1. The third-order valence-electron chi connectivity index (χ3n) is 5.91. The summed E-state index contributed by atoms with van der Waals surface area (Å²) in [5.74, 6) is 0.665. The second-order valence-electron chi connectivity index (χ2n) is 7.84. The lowest BCUT2D eigenvalue weighted by Gasteiger charge is -2.34. The second-order valence-corrected chi connectivity index (χ2v) is 7.84. The predicted octanol–water partition coefficient (Wildman–Crippen LogP) is 1.59. The molecule has 0 radical (unpaired) electrons. The fourth-order valence-corrected chi connectivity index (χ4v) is 3.96. The van der Waals surface area contributed by atoms with Crippen molar-refractivity contribution in [1.82, 2.24) is 26.1 Å². The maximum atomic E-state index is 13.1. The number of hydrazine groups is 1. The molecule has 2 unspecified atom stereocenters. The van der Waals surface area contributed by atoms with Crippen LogP contribution in [0.3, 0.4) is 0 Å². The largest absolute Gasteiger partial charge is 0.354 e. The average Bonchev–Trinajstić information content (AvgIpc) is 3.29. The van der Waals surface area contributed by atoms with Crippen LogP contribution in [0.5, 0.6) is 0 Å². The van der Waals surface area contributed by atoms with Crippen LogP contribution in [0.1, 0.15) is 30.5 Å². The first kappa shape index (κ1) is 20.7. The molecule has 0 spiro atoms. The van der Waals surface area contributed by atoms with Gasteiger partial charge in [0.15, 0.2) is 0 Å². The zero-order chi connectivity index (χ0) is 20.9. The summed E-state index contributed by atoms with van der Waals surface area (Å²) >= 11 is 0. The average molecular weight is 413 g/mol. The molecule has 2 aliphatic rings. The van der Waals surface area contributed by atoms with Gasteiger partial charge in [-0.1, -0.05) is 25.1 Å². The number of rotatable bonds is 6. The summed E-state index contributed by atoms with van der Waals surface area (Å²) in [5.41, 5.74) is 8.08. The highest BCUT2D eigenvalue weighted by Gasteiger charge is 2.30. The Balaban J connectivity index is 1.24. The van der Waals surface area contributed by atoms with Crippen molar-refractivity contribution in [3.05, 3.63) is 59.5 Å². The van der Waals surface area contributed by atoms with E-state index in [0.717, 1.165) is 49.7 Å². The molecule has 160 valence electrons. The summed E-state index contributed by atoms with van der Waals surface area (Å²) in [6.07, 6.45) is 2.45. The van der Waals surface area contributed by atoms with Gasteiger partial charge in [0, 0.05) is 45.0 Å². The van der Waals surface area contributed by atoms with E-state index in [0.29, 0.717) is 13.0 Å². The van der Waals surface area contributed by atoms with Gasteiger partial charge in [-0.25, -0.2) is 20.2 Å². The van der Waals surface area contributed by atoms with Crippen LogP contribution in [-0.2, 0) is 11.3 Å². The van der Waals surface area contributed by atoms with E-state index in [2.05, 4.69) is 37.9 Å². The number of piperazine rings is 1. The molecular weight excluding hydrogens is 383 g/mol. The van der Waals surface area contributed by atoms with Crippen LogP contribution in [0.2, 0.25) is 0 Å². The van der Waals surface area contributed by atoms with Gasteiger partial charge in [-0.3, -0.25) is 4.79 Å². The van der Waals surface area contributed by atoms with Gasteiger partial charge < -0.3 is 15.1 Å². The Labute approximate surface area is 176 Å². The minimum atomic E-state index is -0.331. The van der Waals surface area contributed by atoms with Crippen LogP contribution in [0.15, 0.2) is 42.6 Å². The summed E-state index contributed by atoms with van der Waals surface area (Å²) in [7, 11) is 0. The maximum absolute atomic E-state index is 13.1. The lowest BCUT2D eigenvalue weighted by Crippen LogP contribution is -2.46. The van der Waals surface area contributed by atoms with Crippen molar-refractivity contribution in [1.29, 1.82) is 0 Å². The standard InChI is InChI=1S/C22H29FN6O/c1-2-28-9-11-29(12-10-28)21-8-3-16(14-24-21)15-25-22(30)20-13-19(26-27-20)17-4-6-18(23)7-5-17/h3-8,14,19-20,26-27H,2,9-13,15H2,1H3,(H,25,30). The van der Waals surface area contributed by atoms with E-state index in [4.69, 9.17) is 0 Å². The van der Waals surface area contributed by atoms with Gasteiger partial charge in [-0.15, -0.1) is 0 Å². The fourth-order valence-electron chi connectivity index (χ4n) is 3.96. The monoisotopic (exact) mass is 412 g/mol. The SMILES string of the molecule is CCN1CCN(c2ccc(CNC(=O)C3CC(c4ccc(F)cc4)NN3)cn2)CC1. The van der Waals surface area contributed by atoms with Gasteiger partial charge in [0.2, 0.25) is 5.91 Å². The van der Waals surface area contributed by atoms with Crippen molar-refractivity contribution in [3.63, 3.8) is 0 Å². The Bertz CT molecular complexity index is 836. The number of halogens is 1. The van der Waals surface area contributed by atoms with Gasteiger partial charge in [-0.2, -0.15) is 0 Å². The van der Waals surface area contributed by atoms with Crippen LogP contribution in [-0.4, -0.2) is 54.6 Å². The van der Waals surface area contributed by atoms with Crippen LogP contribution in [0, 0.1) is 5.82 Å². The molecule has 8 heteroatoms. The van der Waals surface area contributed by atoms with Crippen LogP contribution in [0.4, 0.5) is 10.2 Å². The van der Waals surface area contributed by atoms with Crippen LogP contribution >= 0.6 is 0 Å². The normalized spacial score (nSPS) is 22.3. The first-order valence-corrected chi connectivity index (χ1v) is 10.6. The molecule has 1 aromatic heterocycles. The molecule has 2 saturated heterocycles. The molecule has 0 bridgehead atoms. The van der Waals surface area contributed by atoms with Crippen molar-refractivity contribution in [2.24, 2.45) is 0 Å². The Morgan fingerprint density at radius 1 is 1.13 bits per heavy atom. The van der Waals surface area contributed by atoms with Crippen molar-refractivity contribution >= 4 is 11.7 Å². The molecule has 0 saturated carbocycles. The number of pyridine rings is 1. The Morgan fingerprint density at radius 2 is 1.90 bits per heavy atom. The van der Waals surface area contributed by atoms with Gasteiger partial charge >= 0.3 is 0 Å². The third-order valence-corrected chi connectivity index (χ3v) is 5.91. The van der Waals surface area contributed by atoms with Crippen molar-refractivity contribution < 1.29 is 9.18 Å². The number of hydrogen-bond donors (Lipinski definition) is 3. The van der Waals surface area contributed by atoms with E-state index in [9.17, 15) is 9.18 Å².